The maximum Gasteiger partial charge on any atom is 0.335 e. The number of rotatable bonds is 8. The molecule has 1 aromatic heterocycles. The number of para-hydroxylation sites is 1. The van der Waals surface area contributed by atoms with Gasteiger partial charge in [0, 0.05) is 5.39 Å². The molecule has 0 aliphatic heterocycles. The molecule has 1 N–H and O–H groups in total. The highest BCUT2D eigenvalue weighted by Gasteiger charge is 2.13. The Bertz CT molecular complexity index is 1370. The smallest absolute Gasteiger partial charge is 0.335 e. The van der Waals surface area contributed by atoms with Gasteiger partial charge in [-0.15, -0.1) is 12.4 Å². The predicted molar refractivity (Wildman–Crippen MR) is 133 cm³/mol. The number of allylic oxidation sites excluding steroid dienone is 1. The average molecular weight is 476 g/mol. The minimum atomic E-state index is -1.11. The van der Waals surface area contributed by atoms with E-state index in [1.54, 1.807) is 6.08 Å². The van der Waals surface area contributed by atoms with Gasteiger partial charge in [0.05, 0.1) is 29.4 Å². The molecule has 0 saturated carbocycles. The van der Waals surface area contributed by atoms with Crippen LogP contribution in [0, 0.1) is 0 Å². The number of benzene rings is 3. The van der Waals surface area contributed by atoms with Gasteiger partial charge >= 0.3 is 5.97 Å². The van der Waals surface area contributed by atoms with E-state index in [1.807, 2.05) is 60.7 Å². The lowest BCUT2D eigenvalue weighted by atomic mass is 10.0. The maximum absolute atomic E-state index is 12.7. The van der Waals surface area contributed by atoms with E-state index in [0.29, 0.717) is 18.1 Å². The number of fused-ring (bicyclic) bond motifs is 1. The van der Waals surface area contributed by atoms with Crippen molar-refractivity contribution in [1.29, 1.82) is 0 Å². The van der Waals surface area contributed by atoms with Crippen molar-refractivity contribution in [1.82, 2.24) is 4.98 Å². The number of ketones is 1. The largest absolute Gasteiger partial charge is 0.496 e. The summed E-state index contributed by atoms with van der Waals surface area (Å²) in [5.74, 6) is -0.511. The standard InChI is InChI=1S/C27H21NO5.ClH/c1-32-26-14-11-20(27(30)31)16-23(26)25(29)13-9-18-5-4-7-22(15-18)33-17-21-12-10-19-6-2-3-8-24(19)28-21;/h2-16H,17H2,1H3,(H,30,31);1H/b13-9+;. The minimum absolute atomic E-state index is 0. The molecule has 0 bridgehead atoms. The second kappa shape index (κ2) is 11.1. The minimum Gasteiger partial charge on any atom is -0.496 e. The van der Waals surface area contributed by atoms with Crippen LogP contribution in [-0.2, 0) is 6.61 Å². The molecule has 0 saturated heterocycles. The summed E-state index contributed by atoms with van der Waals surface area (Å²) in [6.45, 7) is 0.316. The first-order valence-corrected chi connectivity index (χ1v) is 10.2. The van der Waals surface area contributed by atoms with Crippen molar-refractivity contribution in [2.24, 2.45) is 0 Å². The number of carboxylic acids is 1. The molecule has 6 nitrogen and oxygen atoms in total. The molecule has 1 heterocycles. The Morgan fingerprint density at radius 2 is 1.79 bits per heavy atom. The van der Waals surface area contributed by atoms with Gasteiger partial charge in [0.25, 0.3) is 0 Å². The molecule has 0 radical (unpaired) electrons. The third-order valence-corrected chi connectivity index (χ3v) is 5.04. The lowest BCUT2D eigenvalue weighted by molar-refractivity contribution is 0.0697. The maximum atomic E-state index is 12.7. The fourth-order valence-electron chi connectivity index (χ4n) is 3.35. The zero-order valence-corrected chi connectivity index (χ0v) is 19.1. The quantitative estimate of drug-likeness (QED) is 0.254. The van der Waals surface area contributed by atoms with Gasteiger partial charge in [-0.25, -0.2) is 9.78 Å². The molecule has 4 aromatic rings. The number of nitrogens with zero attached hydrogens (tertiary/aromatic N) is 1. The first-order chi connectivity index (χ1) is 16.0. The van der Waals surface area contributed by atoms with Crippen LogP contribution in [0.25, 0.3) is 17.0 Å². The average Bonchev–Trinajstić information content (AvgIpc) is 2.85. The van der Waals surface area contributed by atoms with Gasteiger partial charge in [-0.1, -0.05) is 42.5 Å². The van der Waals surface area contributed by atoms with Crippen LogP contribution in [0.4, 0.5) is 0 Å². The Kier molecular flexibility index (Phi) is 8.01. The number of aromatic nitrogens is 1. The molecule has 0 spiro atoms. The molecule has 0 aliphatic rings. The highest BCUT2D eigenvalue weighted by Crippen LogP contribution is 2.22. The second-order valence-electron chi connectivity index (χ2n) is 7.27. The highest BCUT2D eigenvalue weighted by molar-refractivity contribution is 6.09. The first-order valence-electron chi connectivity index (χ1n) is 10.2. The van der Waals surface area contributed by atoms with Crippen molar-refractivity contribution < 1.29 is 24.2 Å². The monoisotopic (exact) mass is 475 g/mol. The molecule has 172 valence electrons. The number of hydrogen-bond acceptors (Lipinski definition) is 5. The van der Waals surface area contributed by atoms with Crippen molar-refractivity contribution in [3.63, 3.8) is 0 Å². The van der Waals surface area contributed by atoms with Crippen molar-refractivity contribution in [2.75, 3.05) is 7.11 Å². The molecule has 3 aromatic carbocycles. The van der Waals surface area contributed by atoms with Crippen LogP contribution < -0.4 is 9.47 Å². The van der Waals surface area contributed by atoms with Crippen LogP contribution in [0.2, 0.25) is 0 Å². The van der Waals surface area contributed by atoms with Crippen LogP contribution in [-0.4, -0.2) is 29.0 Å². The van der Waals surface area contributed by atoms with Crippen molar-refractivity contribution in [2.45, 2.75) is 6.61 Å². The summed E-state index contributed by atoms with van der Waals surface area (Å²) in [7, 11) is 1.43. The fraction of sp³-hybridized carbons (Fsp3) is 0.0741. The predicted octanol–water partition coefficient (Wildman–Crippen LogP) is 5.84. The number of hydrogen-bond donors (Lipinski definition) is 1. The summed E-state index contributed by atoms with van der Waals surface area (Å²) < 4.78 is 11.1. The van der Waals surface area contributed by atoms with E-state index in [0.717, 1.165) is 22.2 Å². The van der Waals surface area contributed by atoms with Gasteiger partial charge in [-0.3, -0.25) is 4.79 Å². The third kappa shape index (κ3) is 5.79. The first kappa shape index (κ1) is 24.5. The molecule has 0 atom stereocenters. The third-order valence-electron chi connectivity index (χ3n) is 5.04. The summed E-state index contributed by atoms with van der Waals surface area (Å²) in [4.78, 5) is 28.5. The van der Waals surface area contributed by atoms with Crippen molar-refractivity contribution >= 4 is 41.1 Å². The van der Waals surface area contributed by atoms with Gasteiger partial charge in [0.15, 0.2) is 5.78 Å². The molecule has 0 unspecified atom stereocenters. The molecule has 4 rings (SSSR count). The Morgan fingerprint density at radius 3 is 2.59 bits per heavy atom. The zero-order valence-electron chi connectivity index (χ0n) is 18.3. The second-order valence-corrected chi connectivity index (χ2v) is 7.27. The summed E-state index contributed by atoms with van der Waals surface area (Å²) >= 11 is 0. The van der Waals surface area contributed by atoms with E-state index in [1.165, 1.54) is 31.4 Å². The van der Waals surface area contributed by atoms with Gasteiger partial charge < -0.3 is 14.6 Å². The summed E-state index contributed by atoms with van der Waals surface area (Å²) in [6.07, 6.45) is 3.03. The topological polar surface area (TPSA) is 85.7 Å². The number of carbonyl (C=O) groups is 2. The number of carbonyl (C=O) groups excluding carboxylic acids is 1. The lowest BCUT2D eigenvalue weighted by Crippen LogP contribution is -2.03. The zero-order chi connectivity index (χ0) is 23.2. The molecular formula is C27H22ClNO5. The summed E-state index contributed by atoms with van der Waals surface area (Å²) in [6, 6.07) is 23.3. The number of aromatic carboxylic acids is 1. The van der Waals surface area contributed by atoms with E-state index in [4.69, 9.17) is 9.47 Å². The van der Waals surface area contributed by atoms with E-state index >= 15 is 0 Å². The van der Waals surface area contributed by atoms with Crippen LogP contribution in [0.5, 0.6) is 11.5 Å². The molecule has 0 aliphatic carbocycles. The van der Waals surface area contributed by atoms with Gasteiger partial charge in [-0.2, -0.15) is 0 Å². The number of pyridine rings is 1. The van der Waals surface area contributed by atoms with Gasteiger partial charge in [-0.05, 0) is 54.1 Å². The molecular weight excluding hydrogens is 454 g/mol. The van der Waals surface area contributed by atoms with Gasteiger partial charge in [0.2, 0.25) is 0 Å². The number of halogens is 1. The Labute approximate surface area is 202 Å². The number of methoxy groups -OCH3 is 1. The van der Waals surface area contributed by atoms with Crippen LogP contribution in [0.1, 0.15) is 32.0 Å². The van der Waals surface area contributed by atoms with Crippen molar-refractivity contribution in [3.8, 4) is 11.5 Å². The summed E-state index contributed by atoms with van der Waals surface area (Å²) in [5, 5.41) is 10.3. The van der Waals surface area contributed by atoms with E-state index in [-0.39, 0.29) is 29.3 Å². The SMILES string of the molecule is COc1ccc(C(=O)O)cc1C(=O)/C=C/c1cccc(OCc2ccc3ccccc3n2)c1.Cl. The molecule has 7 heteroatoms. The van der Waals surface area contributed by atoms with Gasteiger partial charge in [0.1, 0.15) is 18.1 Å². The van der Waals surface area contributed by atoms with Crippen LogP contribution >= 0.6 is 12.4 Å². The number of carboxylic acid groups (broad SMARTS) is 1. The van der Waals surface area contributed by atoms with Crippen LogP contribution in [0.3, 0.4) is 0 Å². The van der Waals surface area contributed by atoms with E-state index in [2.05, 4.69) is 4.98 Å². The Morgan fingerprint density at radius 1 is 0.971 bits per heavy atom. The van der Waals surface area contributed by atoms with E-state index < -0.39 is 5.97 Å². The molecule has 0 fully saturated rings. The summed E-state index contributed by atoms with van der Waals surface area (Å²) in [5.41, 5.74) is 2.70. The van der Waals surface area contributed by atoms with Crippen LogP contribution in [0.15, 0.2) is 84.9 Å². The highest BCUT2D eigenvalue weighted by atomic mass is 35.5. The Hall–Kier alpha value is -4.16. The number of ether oxygens (including phenoxy) is 2. The fourth-order valence-corrected chi connectivity index (χ4v) is 3.35. The molecule has 34 heavy (non-hydrogen) atoms. The van der Waals surface area contributed by atoms with E-state index in [9.17, 15) is 14.7 Å². The lowest BCUT2D eigenvalue weighted by Gasteiger charge is -2.08. The van der Waals surface area contributed by atoms with Crippen molar-refractivity contribution in [3.05, 3.63) is 107 Å². The Balaban J connectivity index is 0.00000324. The molecule has 0 amide bonds. The normalized spacial score (nSPS) is 10.6.